The van der Waals surface area contributed by atoms with E-state index in [1.54, 1.807) is 0 Å². The Bertz CT molecular complexity index is 496. The van der Waals surface area contributed by atoms with Crippen LogP contribution in [-0.2, 0) is 13.0 Å². The molecule has 2 heterocycles. The summed E-state index contributed by atoms with van der Waals surface area (Å²) < 4.78 is 0. The third-order valence-electron chi connectivity index (χ3n) is 3.25. The predicted molar refractivity (Wildman–Crippen MR) is 87.5 cm³/mol. The van der Waals surface area contributed by atoms with Gasteiger partial charge in [-0.2, -0.15) is 0 Å². The molecule has 20 heavy (non-hydrogen) atoms. The van der Waals surface area contributed by atoms with E-state index in [-0.39, 0.29) is 0 Å². The van der Waals surface area contributed by atoms with E-state index in [1.807, 2.05) is 23.6 Å². The monoisotopic (exact) mass is 289 g/mol. The van der Waals surface area contributed by atoms with Crippen molar-refractivity contribution in [2.45, 2.75) is 26.3 Å². The Morgan fingerprint density at radius 1 is 1.30 bits per heavy atom. The number of hydrogen-bond acceptors (Lipinski definition) is 4. The molecule has 1 N–H and O–H groups in total. The van der Waals surface area contributed by atoms with Crippen molar-refractivity contribution in [1.82, 2.24) is 10.3 Å². The Kier molecular flexibility index (Phi) is 6.02. The van der Waals surface area contributed by atoms with Crippen LogP contribution in [0.15, 0.2) is 35.8 Å². The molecule has 0 spiro atoms. The molecule has 0 fully saturated rings. The van der Waals surface area contributed by atoms with Crippen molar-refractivity contribution in [2.24, 2.45) is 0 Å². The van der Waals surface area contributed by atoms with E-state index in [1.165, 1.54) is 10.4 Å². The average molecular weight is 289 g/mol. The smallest absolute Gasteiger partial charge is 0.132 e. The van der Waals surface area contributed by atoms with Gasteiger partial charge in [0.15, 0.2) is 0 Å². The molecule has 0 saturated carbocycles. The van der Waals surface area contributed by atoms with Crippen molar-refractivity contribution in [1.29, 1.82) is 0 Å². The Morgan fingerprint density at radius 2 is 2.20 bits per heavy atom. The normalized spacial score (nSPS) is 10.7. The fourth-order valence-electron chi connectivity index (χ4n) is 2.15. The van der Waals surface area contributed by atoms with Gasteiger partial charge < -0.3 is 10.2 Å². The van der Waals surface area contributed by atoms with Crippen LogP contribution in [0.5, 0.6) is 0 Å². The summed E-state index contributed by atoms with van der Waals surface area (Å²) >= 11 is 1.82. The quantitative estimate of drug-likeness (QED) is 0.756. The summed E-state index contributed by atoms with van der Waals surface area (Å²) in [7, 11) is 2.12. The first-order valence-electron chi connectivity index (χ1n) is 7.19. The van der Waals surface area contributed by atoms with Crippen LogP contribution in [0, 0.1) is 0 Å². The average Bonchev–Trinajstić information content (AvgIpc) is 2.99. The molecule has 0 unspecified atom stereocenters. The first-order chi connectivity index (χ1) is 9.81. The Morgan fingerprint density at radius 3 is 2.95 bits per heavy atom. The van der Waals surface area contributed by atoms with Gasteiger partial charge in [-0.25, -0.2) is 4.98 Å². The zero-order valence-corrected chi connectivity index (χ0v) is 13.1. The SMILES string of the molecule is CCCNCc1cccnc1N(C)CCc1cccs1. The van der Waals surface area contributed by atoms with Crippen molar-refractivity contribution in [3.05, 3.63) is 46.3 Å². The summed E-state index contributed by atoms with van der Waals surface area (Å²) in [5.74, 6) is 1.09. The third-order valence-corrected chi connectivity index (χ3v) is 4.18. The summed E-state index contributed by atoms with van der Waals surface area (Å²) in [6, 6.07) is 8.48. The van der Waals surface area contributed by atoms with Gasteiger partial charge >= 0.3 is 0 Å². The second-order valence-electron chi connectivity index (χ2n) is 4.91. The van der Waals surface area contributed by atoms with Crippen LogP contribution in [0.2, 0.25) is 0 Å². The molecule has 3 nitrogen and oxygen atoms in total. The fraction of sp³-hybridized carbons (Fsp3) is 0.438. The van der Waals surface area contributed by atoms with Gasteiger partial charge in [0.05, 0.1) is 0 Å². The van der Waals surface area contributed by atoms with E-state index in [9.17, 15) is 0 Å². The van der Waals surface area contributed by atoms with Gasteiger partial charge in [0.2, 0.25) is 0 Å². The topological polar surface area (TPSA) is 28.2 Å². The maximum absolute atomic E-state index is 4.55. The van der Waals surface area contributed by atoms with Gasteiger partial charge in [-0.15, -0.1) is 11.3 Å². The maximum atomic E-state index is 4.55. The molecule has 0 radical (unpaired) electrons. The van der Waals surface area contributed by atoms with Crippen LogP contribution < -0.4 is 10.2 Å². The second-order valence-corrected chi connectivity index (χ2v) is 5.95. The maximum Gasteiger partial charge on any atom is 0.132 e. The molecule has 0 aromatic carbocycles. The van der Waals surface area contributed by atoms with Crippen molar-refractivity contribution < 1.29 is 0 Å². The van der Waals surface area contributed by atoms with E-state index in [0.29, 0.717) is 0 Å². The van der Waals surface area contributed by atoms with Crippen LogP contribution in [0.1, 0.15) is 23.8 Å². The molecule has 108 valence electrons. The molecule has 0 aliphatic carbocycles. The second kappa shape index (κ2) is 8.02. The molecule has 0 aliphatic rings. The number of pyridine rings is 1. The summed E-state index contributed by atoms with van der Waals surface area (Å²) in [4.78, 5) is 8.23. The lowest BCUT2D eigenvalue weighted by Crippen LogP contribution is -2.24. The molecule has 0 amide bonds. The minimum atomic E-state index is 0.889. The summed E-state index contributed by atoms with van der Waals surface area (Å²) in [5.41, 5.74) is 1.27. The van der Waals surface area contributed by atoms with E-state index < -0.39 is 0 Å². The Labute approximate surface area is 125 Å². The lowest BCUT2D eigenvalue weighted by atomic mass is 10.2. The minimum Gasteiger partial charge on any atom is -0.359 e. The van der Waals surface area contributed by atoms with E-state index in [0.717, 1.165) is 38.3 Å². The number of thiophene rings is 1. The van der Waals surface area contributed by atoms with Gasteiger partial charge in [0.25, 0.3) is 0 Å². The predicted octanol–water partition coefficient (Wildman–Crippen LogP) is 3.32. The molecule has 2 rings (SSSR count). The summed E-state index contributed by atoms with van der Waals surface area (Å²) in [6.45, 7) is 5.12. The first-order valence-corrected chi connectivity index (χ1v) is 8.07. The number of nitrogens with one attached hydrogen (secondary N) is 1. The Hall–Kier alpha value is -1.39. The van der Waals surface area contributed by atoms with Crippen LogP contribution in [0.4, 0.5) is 5.82 Å². The van der Waals surface area contributed by atoms with Gasteiger partial charge in [-0.05, 0) is 36.9 Å². The number of hydrogen-bond donors (Lipinski definition) is 1. The van der Waals surface area contributed by atoms with E-state index in [4.69, 9.17) is 0 Å². The molecule has 2 aromatic rings. The molecule has 0 aliphatic heterocycles. The molecular weight excluding hydrogens is 266 g/mol. The lowest BCUT2D eigenvalue weighted by molar-refractivity contribution is 0.671. The Balaban J connectivity index is 1.95. The van der Waals surface area contributed by atoms with Crippen LogP contribution >= 0.6 is 11.3 Å². The van der Waals surface area contributed by atoms with Crippen molar-refractivity contribution >= 4 is 17.2 Å². The van der Waals surface area contributed by atoms with Gasteiger partial charge in [0, 0.05) is 36.8 Å². The van der Waals surface area contributed by atoms with Gasteiger partial charge in [-0.3, -0.25) is 0 Å². The standard InChI is InChI=1S/C16H23N3S/c1-3-9-17-13-14-6-4-10-18-16(14)19(2)11-8-15-7-5-12-20-15/h4-7,10,12,17H,3,8-9,11,13H2,1-2H3. The van der Waals surface area contributed by atoms with Gasteiger partial charge in [0.1, 0.15) is 5.82 Å². The lowest BCUT2D eigenvalue weighted by Gasteiger charge is -2.21. The molecule has 0 atom stereocenters. The third kappa shape index (κ3) is 4.32. The number of aromatic nitrogens is 1. The molecule has 2 aromatic heterocycles. The largest absolute Gasteiger partial charge is 0.359 e. The fourth-order valence-corrected chi connectivity index (χ4v) is 2.85. The van der Waals surface area contributed by atoms with Crippen molar-refractivity contribution in [3.8, 4) is 0 Å². The molecular formula is C16H23N3S. The highest BCUT2D eigenvalue weighted by atomic mass is 32.1. The number of anilines is 1. The molecule has 0 bridgehead atoms. The molecule has 4 heteroatoms. The summed E-state index contributed by atoms with van der Waals surface area (Å²) in [6.07, 6.45) is 4.11. The van der Waals surface area contributed by atoms with Crippen LogP contribution in [0.3, 0.4) is 0 Å². The number of nitrogens with zero attached hydrogens (tertiary/aromatic N) is 2. The minimum absolute atomic E-state index is 0.889. The van der Waals surface area contributed by atoms with Gasteiger partial charge in [-0.1, -0.05) is 19.1 Å². The van der Waals surface area contributed by atoms with Crippen LogP contribution in [-0.4, -0.2) is 25.1 Å². The highest BCUT2D eigenvalue weighted by Gasteiger charge is 2.08. The first kappa shape index (κ1) is 15.0. The number of likely N-dealkylation sites (N-methyl/N-ethyl adjacent to an activating group) is 1. The van der Waals surface area contributed by atoms with Crippen molar-refractivity contribution in [3.63, 3.8) is 0 Å². The summed E-state index contributed by atoms with van der Waals surface area (Å²) in [5, 5.41) is 5.59. The van der Waals surface area contributed by atoms with E-state index in [2.05, 4.69) is 52.8 Å². The highest BCUT2D eigenvalue weighted by Crippen LogP contribution is 2.17. The number of rotatable bonds is 8. The zero-order valence-electron chi connectivity index (χ0n) is 12.3. The van der Waals surface area contributed by atoms with Crippen LogP contribution in [0.25, 0.3) is 0 Å². The van der Waals surface area contributed by atoms with Crippen molar-refractivity contribution in [2.75, 3.05) is 25.0 Å². The zero-order chi connectivity index (χ0) is 14.2. The molecule has 0 saturated heterocycles. The van der Waals surface area contributed by atoms with E-state index >= 15 is 0 Å². The highest BCUT2D eigenvalue weighted by molar-refractivity contribution is 7.09.